The van der Waals surface area contributed by atoms with E-state index in [9.17, 15) is 8.42 Å². The fourth-order valence-electron chi connectivity index (χ4n) is 3.10. The monoisotopic (exact) mass is 295 g/mol. The maximum absolute atomic E-state index is 12.6. The molecule has 1 aromatic rings. The van der Waals surface area contributed by atoms with Crippen molar-refractivity contribution in [2.75, 3.05) is 12.3 Å². The average Bonchev–Trinajstić information content (AvgIpc) is 2.93. The topological polar surface area (TPSA) is 46.2 Å². The van der Waals surface area contributed by atoms with Gasteiger partial charge in [0.2, 0.25) is 0 Å². The fraction of sp³-hybridized carbons (Fsp3) is 0.625. The Bertz CT molecular complexity index is 533. The van der Waals surface area contributed by atoms with Gasteiger partial charge in [0.05, 0.1) is 11.0 Å². The second-order valence-electron chi connectivity index (χ2n) is 5.70. The van der Waals surface area contributed by atoms with Gasteiger partial charge < -0.3 is 5.32 Å². The van der Waals surface area contributed by atoms with Gasteiger partial charge >= 0.3 is 0 Å². The minimum absolute atomic E-state index is 0.0909. The standard InChI is InChI=1S/C16H25NO2S/c1-3-17-16(15-11-7-4-8-13(15)2)12-20(18,19)14-9-5-6-10-14/h4,7-8,11,14,16-17H,3,5-6,9-10,12H2,1-2H3. The van der Waals surface area contributed by atoms with Crippen LogP contribution in [-0.2, 0) is 9.84 Å². The van der Waals surface area contributed by atoms with Gasteiger partial charge in [-0.1, -0.05) is 44.0 Å². The first kappa shape index (κ1) is 15.5. The zero-order chi connectivity index (χ0) is 14.6. The van der Waals surface area contributed by atoms with Crippen molar-refractivity contribution >= 4 is 9.84 Å². The number of hydrogen-bond acceptors (Lipinski definition) is 3. The Morgan fingerprint density at radius 3 is 2.50 bits per heavy atom. The molecule has 112 valence electrons. The summed E-state index contributed by atoms with van der Waals surface area (Å²) in [6, 6.07) is 7.96. The molecule has 1 atom stereocenters. The predicted molar refractivity (Wildman–Crippen MR) is 83.6 cm³/mol. The average molecular weight is 295 g/mol. The maximum Gasteiger partial charge on any atom is 0.155 e. The highest BCUT2D eigenvalue weighted by molar-refractivity contribution is 7.92. The van der Waals surface area contributed by atoms with E-state index < -0.39 is 9.84 Å². The predicted octanol–water partition coefficient (Wildman–Crippen LogP) is 3.00. The number of hydrogen-bond donors (Lipinski definition) is 1. The highest BCUT2D eigenvalue weighted by Gasteiger charge is 2.31. The molecule has 20 heavy (non-hydrogen) atoms. The van der Waals surface area contributed by atoms with Crippen molar-refractivity contribution in [3.05, 3.63) is 35.4 Å². The van der Waals surface area contributed by atoms with Crippen LogP contribution in [0.4, 0.5) is 0 Å². The van der Waals surface area contributed by atoms with Crippen LogP contribution in [0.2, 0.25) is 0 Å². The van der Waals surface area contributed by atoms with Crippen LogP contribution in [-0.4, -0.2) is 26.0 Å². The lowest BCUT2D eigenvalue weighted by Gasteiger charge is -2.22. The molecule has 3 nitrogen and oxygen atoms in total. The Morgan fingerprint density at radius 1 is 1.25 bits per heavy atom. The number of rotatable bonds is 6. The molecule has 1 saturated carbocycles. The van der Waals surface area contributed by atoms with E-state index in [-0.39, 0.29) is 17.0 Å². The molecular weight excluding hydrogens is 270 g/mol. The van der Waals surface area contributed by atoms with Crippen molar-refractivity contribution in [3.8, 4) is 0 Å². The Hall–Kier alpha value is -0.870. The highest BCUT2D eigenvalue weighted by Crippen LogP contribution is 2.28. The van der Waals surface area contributed by atoms with Gasteiger partial charge in [0.15, 0.2) is 9.84 Å². The number of aryl methyl sites for hydroxylation is 1. The van der Waals surface area contributed by atoms with Crippen LogP contribution in [0.25, 0.3) is 0 Å². The lowest BCUT2D eigenvalue weighted by atomic mass is 10.0. The van der Waals surface area contributed by atoms with E-state index in [1.807, 2.05) is 38.1 Å². The first-order chi connectivity index (χ1) is 9.54. The third kappa shape index (κ3) is 3.61. The summed E-state index contributed by atoms with van der Waals surface area (Å²) in [7, 11) is -3.01. The van der Waals surface area contributed by atoms with Crippen LogP contribution in [0.3, 0.4) is 0 Å². The van der Waals surface area contributed by atoms with Crippen molar-refractivity contribution in [1.82, 2.24) is 5.32 Å². The zero-order valence-corrected chi connectivity index (χ0v) is 13.2. The SMILES string of the molecule is CCNC(CS(=O)(=O)C1CCCC1)c1ccccc1C. The van der Waals surface area contributed by atoms with Crippen molar-refractivity contribution in [1.29, 1.82) is 0 Å². The first-order valence-electron chi connectivity index (χ1n) is 7.55. The summed E-state index contributed by atoms with van der Waals surface area (Å²) < 4.78 is 25.1. The van der Waals surface area contributed by atoms with Gasteiger partial charge in [-0.05, 0) is 37.4 Å². The summed E-state index contributed by atoms with van der Waals surface area (Å²) in [6.45, 7) is 4.84. The van der Waals surface area contributed by atoms with Crippen molar-refractivity contribution in [3.63, 3.8) is 0 Å². The van der Waals surface area contributed by atoms with E-state index in [0.29, 0.717) is 0 Å². The van der Waals surface area contributed by atoms with Gasteiger partial charge in [-0.15, -0.1) is 0 Å². The molecule has 1 fully saturated rings. The number of benzene rings is 1. The third-order valence-corrected chi connectivity index (χ3v) is 6.51. The molecule has 1 aliphatic carbocycles. The van der Waals surface area contributed by atoms with E-state index in [1.165, 1.54) is 0 Å². The van der Waals surface area contributed by atoms with E-state index in [2.05, 4.69) is 5.32 Å². The molecule has 1 N–H and O–H groups in total. The summed E-state index contributed by atoms with van der Waals surface area (Å²) in [6.07, 6.45) is 3.80. The van der Waals surface area contributed by atoms with Crippen LogP contribution in [0.1, 0.15) is 49.8 Å². The summed E-state index contributed by atoms with van der Waals surface area (Å²) in [4.78, 5) is 0. The second-order valence-corrected chi connectivity index (χ2v) is 8.03. The lowest BCUT2D eigenvalue weighted by Crippen LogP contribution is -2.32. The van der Waals surface area contributed by atoms with Crippen LogP contribution >= 0.6 is 0 Å². The van der Waals surface area contributed by atoms with E-state index in [0.717, 1.165) is 43.4 Å². The summed E-state index contributed by atoms with van der Waals surface area (Å²) in [5, 5.41) is 3.22. The van der Waals surface area contributed by atoms with Crippen LogP contribution in [0.15, 0.2) is 24.3 Å². The molecule has 1 aromatic carbocycles. The normalized spacial score (nSPS) is 18.3. The Morgan fingerprint density at radius 2 is 1.90 bits per heavy atom. The van der Waals surface area contributed by atoms with E-state index in [4.69, 9.17) is 0 Å². The Kier molecular flexibility index (Phi) is 5.22. The summed E-state index contributed by atoms with van der Waals surface area (Å²) in [5.41, 5.74) is 2.26. The van der Waals surface area contributed by atoms with Gasteiger partial charge in [-0.2, -0.15) is 0 Å². The van der Waals surface area contributed by atoms with Crippen LogP contribution in [0.5, 0.6) is 0 Å². The molecule has 1 unspecified atom stereocenters. The molecule has 0 aliphatic heterocycles. The minimum Gasteiger partial charge on any atom is -0.309 e. The summed E-state index contributed by atoms with van der Waals surface area (Å²) >= 11 is 0. The van der Waals surface area contributed by atoms with Crippen LogP contribution in [0, 0.1) is 6.92 Å². The third-order valence-electron chi connectivity index (χ3n) is 4.22. The molecule has 1 aliphatic rings. The molecule has 0 radical (unpaired) electrons. The Balaban J connectivity index is 2.19. The van der Waals surface area contributed by atoms with Gasteiger partial charge in [0.25, 0.3) is 0 Å². The van der Waals surface area contributed by atoms with Gasteiger partial charge in [0.1, 0.15) is 0 Å². The van der Waals surface area contributed by atoms with Crippen LogP contribution < -0.4 is 5.32 Å². The molecule has 4 heteroatoms. The molecule has 0 bridgehead atoms. The second kappa shape index (κ2) is 6.72. The molecular formula is C16H25NO2S. The zero-order valence-electron chi connectivity index (χ0n) is 12.4. The number of nitrogens with one attached hydrogen (secondary N) is 1. The quantitative estimate of drug-likeness (QED) is 0.877. The van der Waals surface area contributed by atoms with Crippen molar-refractivity contribution in [2.24, 2.45) is 0 Å². The molecule has 0 amide bonds. The van der Waals surface area contributed by atoms with Crippen molar-refractivity contribution < 1.29 is 8.42 Å². The lowest BCUT2D eigenvalue weighted by molar-refractivity contribution is 0.547. The molecule has 0 aromatic heterocycles. The van der Waals surface area contributed by atoms with Gasteiger partial charge in [-0.3, -0.25) is 0 Å². The smallest absolute Gasteiger partial charge is 0.155 e. The molecule has 0 spiro atoms. The first-order valence-corrected chi connectivity index (χ1v) is 9.26. The van der Waals surface area contributed by atoms with Crippen molar-refractivity contribution in [2.45, 2.75) is 50.8 Å². The maximum atomic E-state index is 12.6. The van der Waals surface area contributed by atoms with E-state index >= 15 is 0 Å². The van der Waals surface area contributed by atoms with E-state index in [1.54, 1.807) is 0 Å². The van der Waals surface area contributed by atoms with Gasteiger partial charge in [-0.25, -0.2) is 8.42 Å². The largest absolute Gasteiger partial charge is 0.309 e. The minimum atomic E-state index is -3.01. The molecule has 0 saturated heterocycles. The number of sulfone groups is 1. The highest BCUT2D eigenvalue weighted by atomic mass is 32.2. The van der Waals surface area contributed by atoms with Gasteiger partial charge in [0, 0.05) is 6.04 Å². The molecule has 0 heterocycles. The molecule has 2 rings (SSSR count). The summed E-state index contributed by atoms with van der Waals surface area (Å²) in [5.74, 6) is 0.219. The fourth-order valence-corrected chi connectivity index (χ4v) is 5.18. The Labute approximate surface area is 122 Å².